The van der Waals surface area contributed by atoms with Crippen molar-refractivity contribution in [3.63, 3.8) is 0 Å². The monoisotopic (exact) mass is 510 g/mol. The number of hydrogen-bond acceptors (Lipinski definition) is 0. The van der Waals surface area contributed by atoms with Crippen molar-refractivity contribution in [3.05, 3.63) is 111 Å². The van der Waals surface area contributed by atoms with Crippen molar-refractivity contribution in [2.45, 2.75) is 78.6 Å². The number of fused-ring (bicyclic) bond motifs is 4. The molecular weight excluding hydrogens is 468 g/mol. The molecule has 0 spiro atoms. The van der Waals surface area contributed by atoms with E-state index in [9.17, 15) is 0 Å². The molecule has 4 aliphatic rings. The molecule has 0 aliphatic heterocycles. The van der Waals surface area contributed by atoms with E-state index < -0.39 is 0 Å². The van der Waals surface area contributed by atoms with E-state index in [1.54, 1.807) is 16.7 Å². The minimum atomic E-state index is 0.541. The Morgan fingerprint density at radius 1 is 0.897 bits per heavy atom. The molecule has 0 nitrogen and oxygen atoms in total. The molecule has 0 amide bonds. The Balaban J connectivity index is 1.26. The van der Waals surface area contributed by atoms with Gasteiger partial charge >= 0.3 is 0 Å². The van der Waals surface area contributed by atoms with Crippen LogP contribution in [0.4, 0.5) is 0 Å². The van der Waals surface area contributed by atoms with E-state index >= 15 is 0 Å². The number of hydrogen-bond donors (Lipinski definition) is 0. The van der Waals surface area contributed by atoms with Crippen molar-refractivity contribution in [2.24, 2.45) is 17.8 Å². The number of benzene rings is 3. The van der Waals surface area contributed by atoms with Crippen LogP contribution in [-0.2, 0) is 12.8 Å². The van der Waals surface area contributed by atoms with Gasteiger partial charge in [0.1, 0.15) is 0 Å². The van der Waals surface area contributed by atoms with Gasteiger partial charge in [0.15, 0.2) is 0 Å². The van der Waals surface area contributed by atoms with Crippen LogP contribution in [0, 0.1) is 31.6 Å². The first-order valence-electron chi connectivity index (χ1n) is 15.3. The van der Waals surface area contributed by atoms with E-state index in [0.717, 1.165) is 30.6 Å². The summed E-state index contributed by atoms with van der Waals surface area (Å²) in [6, 6.07) is 19.0. The molecule has 4 aliphatic carbocycles. The van der Waals surface area contributed by atoms with Crippen molar-refractivity contribution in [1.82, 2.24) is 0 Å². The van der Waals surface area contributed by atoms with Gasteiger partial charge in [-0.1, -0.05) is 92.1 Å². The second-order valence-electron chi connectivity index (χ2n) is 13.4. The van der Waals surface area contributed by atoms with Gasteiger partial charge in [0.2, 0.25) is 0 Å². The second kappa shape index (κ2) is 9.51. The van der Waals surface area contributed by atoms with Crippen molar-refractivity contribution in [2.75, 3.05) is 0 Å². The molecule has 3 atom stereocenters. The minimum absolute atomic E-state index is 0.541. The van der Waals surface area contributed by atoms with Crippen LogP contribution in [0.25, 0.3) is 28.3 Å². The third-order valence-corrected chi connectivity index (χ3v) is 10.3. The van der Waals surface area contributed by atoms with Gasteiger partial charge in [-0.15, -0.1) is 0 Å². The molecule has 3 aromatic carbocycles. The van der Waals surface area contributed by atoms with Gasteiger partial charge in [0.05, 0.1) is 0 Å². The number of allylic oxidation sites excluding steroid dienone is 4. The van der Waals surface area contributed by atoms with E-state index in [1.165, 1.54) is 87.8 Å². The average molecular weight is 511 g/mol. The lowest BCUT2D eigenvalue weighted by Gasteiger charge is -2.29. The Morgan fingerprint density at radius 2 is 1.62 bits per heavy atom. The van der Waals surface area contributed by atoms with Gasteiger partial charge in [-0.3, -0.25) is 0 Å². The van der Waals surface area contributed by atoms with Gasteiger partial charge in [0, 0.05) is 5.92 Å². The van der Waals surface area contributed by atoms with Crippen LogP contribution < -0.4 is 0 Å². The highest BCUT2D eigenvalue weighted by molar-refractivity contribution is 5.94. The van der Waals surface area contributed by atoms with Crippen LogP contribution in [-0.4, -0.2) is 0 Å². The lowest BCUT2D eigenvalue weighted by atomic mass is 9.76. The largest absolute Gasteiger partial charge is 0.0998 e. The first kappa shape index (κ1) is 24.9. The molecule has 2 saturated carbocycles. The van der Waals surface area contributed by atoms with Gasteiger partial charge in [-0.05, 0) is 138 Å². The first-order chi connectivity index (χ1) is 18.8. The molecule has 2 fully saturated rings. The Morgan fingerprint density at radius 3 is 2.33 bits per heavy atom. The fourth-order valence-electron chi connectivity index (χ4n) is 8.43. The maximum Gasteiger partial charge on any atom is 0.000174 e. The fraction of sp³-hybridized carbons (Fsp3) is 0.385. The summed E-state index contributed by atoms with van der Waals surface area (Å²) in [6.07, 6.45) is 14.3. The summed E-state index contributed by atoms with van der Waals surface area (Å²) in [5.74, 6) is 3.26. The van der Waals surface area contributed by atoms with Crippen LogP contribution in [0.3, 0.4) is 0 Å². The van der Waals surface area contributed by atoms with E-state index in [0.29, 0.717) is 5.92 Å². The molecular formula is C39H42. The van der Waals surface area contributed by atoms with Crippen molar-refractivity contribution < 1.29 is 0 Å². The minimum Gasteiger partial charge on any atom is -0.0998 e. The van der Waals surface area contributed by atoms with E-state index in [2.05, 4.69) is 95.0 Å². The zero-order chi connectivity index (χ0) is 26.8. The Labute approximate surface area is 235 Å². The molecule has 0 radical (unpaired) electrons. The van der Waals surface area contributed by atoms with Crippen LogP contribution in [0.5, 0.6) is 0 Å². The van der Waals surface area contributed by atoms with Crippen LogP contribution in [0.15, 0.2) is 66.8 Å². The highest BCUT2D eigenvalue weighted by atomic mass is 14.4. The molecule has 0 saturated heterocycles. The molecule has 0 heterocycles. The Bertz CT molecular complexity index is 1530. The third kappa shape index (κ3) is 4.37. The fourth-order valence-corrected chi connectivity index (χ4v) is 8.43. The summed E-state index contributed by atoms with van der Waals surface area (Å²) < 4.78 is 0. The summed E-state index contributed by atoms with van der Waals surface area (Å²) in [6.45, 7) is 13.3. The average Bonchev–Trinajstić information content (AvgIpc) is 3.59. The Hall–Kier alpha value is -3.12. The SMILES string of the molecule is C=C(C)Cc1c(C)cc2c(c1-c1ccc(C)cc1)CC(c1ccc3c(c1)C(C1CC4CCC(C4)C1)=CC3C)=C2. The number of aryl methyl sites for hydroxylation is 2. The van der Waals surface area contributed by atoms with Gasteiger partial charge in [0.25, 0.3) is 0 Å². The lowest BCUT2D eigenvalue weighted by Crippen LogP contribution is -2.16. The van der Waals surface area contributed by atoms with E-state index in [-0.39, 0.29) is 0 Å². The second-order valence-corrected chi connectivity index (χ2v) is 13.4. The van der Waals surface area contributed by atoms with Crippen LogP contribution in [0.2, 0.25) is 0 Å². The maximum absolute atomic E-state index is 4.28. The van der Waals surface area contributed by atoms with Gasteiger partial charge in [-0.25, -0.2) is 0 Å². The van der Waals surface area contributed by atoms with Gasteiger partial charge in [-0.2, -0.15) is 0 Å². The summed E-state index contributed by atoms with van der Waals surface area (Å²) in [4.78, 5) is 0. The normalized spacial score (nSPS) is 24.8. The third-order valence-electron chi connectivity index (χ3n) is 10.3. The van der Waals surface area contributed by atoms with Crippen molar-refractivity contribution in [1.29, 1.82) is 0 Å². The molecule has 0 aromatic heterocycles. The molecule has 7 rings (SSSR count). The smallest absolute Gasteiger partial charge is 0.000174 e. The topological polar surface area (TPSA) is 0 Å². The maximum atomic E-state index is 4.28. The van der Waals surface area contributed by atoms with Gasteiger partial charge < -0.3 is 0 Å². The quantitative estimate of drug-likeness (QED) is 0.299. The molecule has 39 heavy (non-hydrogen) atoms. The zero-order valence-corrected chi connectivity index (χ0v) is 24.2. The first-order valence-corrected chi connectivity index (χ1v) is 15.3. The lowest BCUT2D eigenvalue weighted by molar-refractivity contribution is 0.308. The number of rotatable bonds is 5. The summed E-state index contributed by atoms with van der Waals surface area (Å²) in [5.41, 5.74) is 18.7. The molecule has 0 N–H and O–H groups in total. The molecule has 198 valence electrons. The molecule has 2 bridgehead atoms. The van der Waals surface area contributed by atoms with E-state index in [4.69, 9.17) is 0 Å². The predicted octanol–water partition coefficient (Wildman–Crippen LogP) is 10.5. The van der Waals surface area contributed by atoms with Crippen LogP contribution in [0.1, 0.15) is 96.4 Å². The highest BCUT2D eigenvalue weighted by Gasteiger charge is 2.37. The highest BCUT2D eigenvalue weighted by Crippen LogP contribution is 2.52. The predicted molar refractivity (Wildman–Crippen MR) is 168 cm³/mol. The zero-order valence-electron chi connectivity index (χ0n) is 24.2. The van der Waals surface area contributed by atoms with Crippen molar-refractivity contribution >= 4 is 17.2 Å². The summed E-state index contributed by atoms with van der Waals surface area (Å²) in [7, 11) is 0. The van der Waals surface area contributed by atoms with Crippen molar-refractivity contribution in [3.8, 4) is 11.1 Å². The standard InChI is InChI=1S/C39H42/c1-23(2)14-35-25(4)15-32-20-31(22-37(32)39(35)29-10-6-24(3)7-11-29)30-12-13-34-26(5)16-36(38(34)21-30)33-18-27-8-9-28(17-27)19-33/h6-7,10-13,15-16,20-21,26-28,33H,1,8-9,14,17-19,22H2,2-5H3. The van der Waals surface area contributed by atoms with E-state index in [1.807, 2.05) is 0 Å². The Kier molecular flexibility index (Phi) is 6.07. The molecule has 0 heteroatoms. The summed E-state index contributed by atoms with van der Waals surface area (Å²) >= 11 is 0. The molecule has 3 unspecified atom stereocenters. The van der Waals surface area contributed by atoms with Crippen LogP contribution >= 0.6 is 0 Å². The summed E-state index contributed by atoms with van der Waals surface area (Å²) in [5, 5.41) is 0. The molecule has 3 aromatic rings.